The molecule has 0 radical (unpaired) electrons. The van der Waals surface area contributed by atoms with Crippen LogP contribution in [0.25, 0.3) is 0 Å². The molecule has 1 aliphatic rings. The highest BCUT2D eigenvalue weighted by atomic mass is 35.5. The molecule has 29 heavy (non-hydrogen) atoms. The Bertz CT molecular complexity index is 981. The molecule has 2 unspecified atom stereocenters. The lowest BCUT2D eigenvalue weighted by atomic mass is 10.1. The lowest BCUT2D eigenvalue weighted by Gasteiger charge is -2.14. The average molecular weight is 434 g/mol. The van der Waals surface area contributed by atoms with Gasteiger partial charge in [-0.15, -0.1) is 0 Å². The number of nitrogens with zero attached hydrogens (tertiary/aromatic N) is 1. The Hall–Kier alpha value is -2.55. The number of hydrogen-bond acceptors (Lipinski definition) is 4. The summed E-state index contributed by atoms with van der Waals surface area (Å²) in [7, 11) is 0. The van der Waals surface area contributed by atoms with Crippen molar-refractivity contribution in [1.82, 2.24) is 0 Å². The number of para-hydroxylation sites is 1. The number of ether oxygens (including phenoxy) is 2. The van der Waals surface area contributed by atoms with E-state index in [1.165, 1.54) is 18.2 Å². The predicted octanol–water partition coefficient (Wildman–Crippen LogP) is 6.32. The van der Waals surface area contributed by atoms with Crippen LogP contribution in [0.1, 0.15) is 25.5 Å². The van der Waals surface area contributed by atoms with Crippen LogP contribution in [0.3, 0.4) is 0 Å². The van der Waals surface area contributed by atoms with Crippen molar-refractivity contribution in [3.8, 4) is 17.6 Å². The number of esters is 1. The molecule has 3 atom stereocenters. The van der Waals surface area contributed by atoms with Gasteiger partial charge >= 0.3 is 5.97 Å². The van der Waals surface area contributed by atoms with Crippen LogP contribution in [0.2, 0.25) is 0 Å². The largest absolute Gasteiger partial charge is 0.454 e. The van der Waals surface area contributed by atoms with Crippen molar-refractivity contribution in [1.29, 1.82) is 5.26 Å². The van der Waals surface area contributed by atoms with Crippen LogP contribution < -0.4 is 4.74 Å². The van der Waals surface area contributed by atoms with Crippen LogP contribution in [0.5, 0.6) is 11.5 Å². The third-order valence-corrected chi connectivity index (χ3v) is 5.30. The lowest BCUT2D eigenvalue weighted by molar-refractivity contribution is -0.149. The number of halogens is 3. The SMILES string of the molecule is CC1(C)C(C(=O)OC(C#N)c2ccc(F)c(Oc3ccccc3)c2)[C@H]1C=C(Cl)Cl. The molecule has 0 aliphatic heterocycles. The first-order chi connectivity index (χ1) is 13.7. The van der Waals surface area contributed by atoms with Crippen LogP contribution in [-0.4, -0.2) is 5.97 Å². The molecule has 0 heterocycles. The van der Waals surface area contributed by atoms with E-state index in [-0.39, 0.29) is 21.6 Å². The van der Waals surface area contributed by atoms with Crippen molar-refractivity contribution in [3.63, 3.8) is 0 Å². The van der Waals surface area contributed by atoms with Gasteiger partial charge in [-0.1, -0.05) is 61.3 Å². The molecule has 0 N–H and O–H groups in total. The molecule has 150 valence electrons. The van der Waals surface area contributed by atoms with E-state index in [9.17, 15) is 14.4 Å². The Balaban J connectivity index is 1.77. The van der Waals surface area contributed by atoms with Crippen molar-refractivity contribution < 1.29 is 18.7 Å². The zero-order valence-corrected chi connectivity index (χ0v) is 17.2. The maximum Gasteiger partial charge on any atom is 0.311 e. The summed E-state index contributed by atoms with van der Waals surface area (Å²) in [5.74, 6) is -1.39. The van der Waals surface area contributed by atoms with Crippen LogP contribution >= 0.6 is 23.2 Å². The van der Waals surface area contributed by atoms with Gasteiger partial charge in [0.05, 0.1) is 5.92 Å². The molecular weight excluding hydrogens is 416 g/mol. The first-order valence-electron chi connectivity index (χ1n) is 8.89. The molecule has 0 aromatic heterocycles. The summed E-state index contributed by atoms with van der Waals surface area (Å²) in [4.78, 5) is 12.6. The number of carbonyl (C=O) groups excluding carboxylic acids is 1. The van der Waals surface area contributed by atoms with Gasteiger partial charge in [0.15, 0.2) is 11.6 Å². The van der Waals surface area contributed by atoms with Gasteiger partial charge in [-0.05, 0) is 41.7 Å². The highest BCUT2D eigenvalue weighted by Crippen LogP contribution is 2.60. The van der Waals surface area contributed by atoms with Crippen LogP contribution in [0, 0.1) is 34.4 Å². The summed E-state index contributed by atoms with van der Waals surface area (Å²) in [6.45, 7) is 3.78. The Morgan fingerprint density at radius 2 is 1.93 bits per heavy atom. The second-order valence-electron chi connectivity index (χ2n) is 7.33. The van der Waals surface area contributed by atoms with Crippen molar-refractivity contribution >= 4 is 29.2 Å². The zero-order chi connectivity index (χ0) is 21.2. The van der Waals surface area contributed by atoms with Crippen LogP contribution in [0.4, 0.5) is 4.39 Å². The molecular formula is C22H18Cl2FNO3. The smallest absolute Gasteiger partial charge is 0.311 e. The monoisotopic (exact) mass is 433 g/mol. The number of hydrogen-bond donors (Lipinski definition) is 0. The number of benzene rings is 2. The molecule has 1 saturated carbocycles. The molecule has 3 rings (SSSR count). The number of rotatable bonds is 6. The fourth-order valence-corrected chi connectivity index (χ4v) is 3.58. The maximum atomic E-state index is 14.2. The number of nitriles is 1. The Kier molecular flexibility index (Phi) is 6.16. The molecule has 1 aliphatic carbocycles. The second-order valence-corrected chi connectivity index (χ2v) is 8.34. The normalized spacial score (nSPS) is 20.1. The van der Waals surface area contributed by atoms with E-state index < -0.39 is 23.8 Å². The molecule has 2 aromatic carbocycles. The summed E-state index contributed by atoms with van der Waals surface area (Å²) in [5.41, 5.74) is -0.0645. The highest BCUT2D eigenvalue weighted by Gasteiger charge is 2.62. The molecule has 2 aromatic rings. The topological polar surface area (TPSA) is 59.3 Å². The molecule has 0 spiro atoms. The minimum Gasteiger partial charge on any atom is -0.454 e. The fourth-order valence-electron chi connectivity index (χ4n) is 3.31. The summed E-state index contributed by atoms with van der Waals surface area (Å²) >= 11 is 11.4. The maximum absolute atomic E-state index is 14.2. The average Bonchev–Trinajstić information content (AvgIpc) is 3.21. The lowest BCUT2D eigenvalue weighted by Crippen LogP contribution is -2.14. The van der Waals surface area contributed by atoms with Gasteiger partial charge in [-0.25, -0.2) is 4.39 Å². The van der Waals surface area contributed by atoms with Gasteiger partial charge in [0, 0.05) is 5.56 Å². The van der Waals surface area contributed by atoms with Gasteiger partial charge in [-0.3, -0.25) is 4.79 Å². The van der Waals surface area contributed by atoms with E-state index in [4.69, 9.17) is 32.7 Å². The van der Waals surface area contributed by atoms with Crippen molar-refractivity contribution in [2.45, 2.75) is 20.0 Å². The minimum atomic E-state index is -1.20. The first-order valence-corrected chi connectivity index (χ1v) is 9.65. The molecule has 1 fully saturated rings. The summed E-state index contributed by atoms with van der Waals surface area (Å²) in [6.07, 6.45) is 0.397. The van der Waals surface area contributed by atoms with E-state index in [0.717, 1.165) is 0 Å². The highest BCUT2D eigenvalue weighted by molar-refractivity contribution is 6.55. The predicted molar refractivity (Wildman–Crippen MR) is 108 cm³/mol. The van der Waals surface area contributed by atoms with E-state index in [2.05, 4.69) is 0 Å². The number of carbonyl (C=O) groups is 1. The third-order valence-electron chi connectivity index (χ3n) is 5.05. The minimum absolute atomic E-state index is 0.0634. The van der Waals surface area contributed by atoms with Crippen LogP contribution in [-0.2, 0) is 9.53 Å². The zero-order valence-electron chi connectivity index (χ0n) is 15.7. The van der Waals surface area contributed by atoms with Crippen molar-refractivity contribution in [3.05, 3.63) is 70.5 Å². The van der Waals surface area contributed by atoms with Gasteiger partial charge in [0.25, 0.3) is 0 Å². The van der Waals surface area contributed by atoms with E-state index >= 15 is 0 Å². The van der Waals surface area contributed by atoms with Crippen molar-refractivity contribution in [2.75, 3.05) is 0 Å². The molecule has 0 saturated heterocycles. The van der Waals surface area contributed by atoms with Gasteiger partial charge in [0.2, 0.25) is 6.10 Å². The van der Waals surface area contributed by atoms with Gasteiger partial charge in [-0.2, -0.15) is 5.26 Å². The van der Waals surface area contributed by atoms with Gasteiger partial charge < -0.3 is 9.47 Å². The van der Waals surface area contributed by atoms with Gasteiger partial charge in [0.1, 0.15) is 16.3 Å². The summed E-state index contributed by atoms with van der Waals surface area (Å²) < 4.78 is 25.2. The summed E-state index contributed by atoms with van der Waals surface area (Å²) in [5, 5.41) is 9.51. The molecule has 4 nitrogen and oxygen atoms in total. The van der Waals surface area contributed by atoms with Crippen LogP contribution in [0.15, 0.2) is 59.1 Å². The van der Waals surface area contributed by atoms with E-state index in [0.29, 0.717) is 11.3 Å². The van der Waals surface area contributed by atoms with Crippen molar-refractivity contribution in [2.24, 2.45) is 17.3 Å². The number of allylic oxidation sites excluding steroid dienone is 1. The molecule has 7 heteroatoms. The summed E-state index contributed by atoms with van der Waals surface area (Å²) in [6, 6.07) is 14.5. The van der Waals surface area contributed by atoms with E-state index in [1.54, 1.807) is 30.3 Å². The molecule has 0 bridgehead atoms. The Labute approximate surface area is 178 Å². The fraction of sp³-hybridized carbons (Fsp3) is 0.273. The second kappa shape index (κ2) is 8.44. The first kappa shape index (κ1) is 21.2. The molecule has 0 amide bonds. The Morgan fingerprint density at radius 3 is 2.55 bits per heavy atom. The van der Waals surface area contributed by atoms with E-state index in [1.807, 2.05) is 26.0 Å². The quantitative estimate of drug-likeness (QED) is 0.500. The standard InChI is InChI=1S/C22H18Cl2FNO3/c1-22(2)15(11-19(23)24)20(22)21(27)29-18(12-26)13-8-9-16(25)17(10-13)28-14-6-4-3-5-7-14/h3-11,15,18,20H,1-2H3/t15-,18?,20?/m1/s1. The third kappa shape index (κ3) is 4.72. The Morgan fingerprint density at radius 1 is 1.24 bits per heavy atom.